The number of hydrogen-bond donors (Lipinski definition) is 1. The largest absolute Gasteiger partial charge is 0.367 e. The maximum Gasteiger partial charge on any atom is 0.239 e. The molecule has 2 unspecified atom stereocenters. The second-order valence-corrected chi connectivity index (χ2v) is 6.33. The summed E-state index contributed by atoms with van der Waals surface area (Å²) in [6.45, 7) is 7.37. The average Bonchev–Trinajstić information content (AvgIpc) is 2.46. The third-order valence-corrected chi connectivity index (χ3v) is 3.79. The van der Waals surface area contributed by atoms with E-state index in [9.17, 15) is 4.79 Å². The van der Waals surface area contributed by atoms with Gasteiger partial charge >= 0.3 is 0 Å². The molecule has 124 valence electrons. The van der Waals surface area contributed by atoms with Crippen molar-refractivity contribution in [1.29, 1.82) is 0 Å². The van der Waals surface area contributed by atoms with Crippen LogP contribution in [0.5, 0.6) is 0 Å². The molecule has 1 heterocycles. The highest BCUT2D eigenvalue weighted by molar-refractivity contribution is 5.85. The average molecular weight is 327 g/mol. The fraction of sp³-hybridized carbons (Fsp3) is 0.588. The third kappa shape index (κ3) is 4.97. The van der Waals surface area contributed by atoms with Gasteiger partial charge in [-0.3, -0.25) is 4.79 Å². The van der Waals surface area contributed by atoms with Gasteiger partial charge in [-0.25, -0.2) is 0 Å². The predicted molar refractivity (Wildman–Crippen MR) is 91.0 cm³/mol. The number of hydrogen-bond acceptors (Lipinski definition) is 3. The van der Waals surface area contributed by atoms with Crippen LogP contribution >= 0.6 is 12.4 Å². The van der Waals surface area contributed by atoms with E-state index in [1.807, 2.05) is 42.2 Å². The van der Waals surface area contributed by atoms with Crippen molar-refractivity contribution in [3.05, 3.63) is 35.9 Å². The molecule has 1 amide bonds. The van der Waals surface area contributed by atoms with Crippen LogP contribution in [0.15, 0.2) is 30.3 Å². The molecule has 0 bridgehead atoms. The van der Waals surface area contributed by atoms with E-state index in [0.717, 1.165) is 12.0 Å². The Morgan fingerprint density at radius 1 is 1.32 bits per heavy atom. The van der Waals surface area contributed by atoms with Crippen LogP contribution in [-0.2, 0) is 9.53 Å². The summed E-state index contributed by atoms with van der Waals surface area (Å²) in [4.78, 5) is 14.4. The van der Waals surface area contributed by atoms with Crippen LogP contribution < -0.4 is 5.73 Å². The summed E-state index contributed by atoms with van der Waals surface area (Å²) in [7, 11) is 0. The molecule has 2 rings (SSSR count). The summed E-state index contributed by atoms with van der Waals surface area (Å²) < 4.78 is 5.98. The van der Waals surface area contributed by atoms with Gasteiger partial charge in [0.15, 0.2) is 0 Å². The van der Waals surface area contributed by atoms with E-state index < -0.39 is 6.04 Å². The van der Waals surface area contributed by atoms with Crippen molar-refractivity contribution < 1.29 is 9.53 Å². The Balaban J connectivity index is 0.00000242. The minimum atomic E-state index is -0.410. The van der Waals surface area contributed by atoms with Gasteiger partial charge in [0.05, 0.1) is 18.7 Å². The molecule has 0 aromatic heterocycles. The van der Waals surface area contributed by atoms with Gasteiger partial charge in [-0.15, -0.1) is 12.4 Å². The lowest BCUT2D eigenvalue weighted by atomic mass is 10.0. The Labute approximate surface area is 139 Å². The number of benzene rings is 1. The molecule has 1 saturated heterocycles. The lowest BCUT2D eigenvalue weighted by Gasteiger charge is -2.38. The van der Waals surface area contributed by atoms with Crippen LogP contribution in [0.4, 0.5) is 0 Å². The predicted octanol–water partition coefficient (Wildman–Crippen LogP) is 2.77. The van der Waals surface area contributed by atoms with Crippen molar-refractivity contribution in [1.82, 2.24) is 4.90 Å². The van der Waals surface area contributed by atoms with E-state index in [-0.39, 0.29) is 30.5 Å². The van der Waals surface area contributed by atoms with E-state index in [1.54, 1.807) is 0 Å². The van der Waals surface area contributed by atoms with Gasteiger partial charge < -0.3 is 15.4 Å². The lowest BCUT2D eigenvalue weighted by molar-refractivity contribution is -0.146. The second-order valence-electron chi connectivity index (χ2n) is 6.33. The molecule has 5 heteroatoms. The van der Waals surface area contributed by atoms with Gasteiger partial charge in [0.1, 0.15) is 6.10 Å². The van der Waals surface area contributed by atoms with Crippen LogP contribution in [0.2, 0.25) is 0 Å². The summed E-state index contributed by atoms with van der Waals surface area (Å²) in [5, 5.41) is 0. The molecule has 1 aliphatic rings. The fourth-order valence-corrected chi connectivity index (χ4v) is 2.83. The summed E-state index contributed by atoms with van der Waals surface area (Å²) in [6.07, 6.45) is 0.685. The van der Waals surface area contributed by atoms with E-state index in [1.165, 1.54) is 0 Å². The van der Waals surface area contributed by atoms with Gasteiger partial charge in [-0.2, -0.15) is 0 Å². The molecule has 0 saturated carbocycles. The molecule has 4 nitrogen and oxygen atoms in total. The highest BCUT2D eigenvalue weighted by atomic mass is 35.5. The summed E-state index contributed by atoms with van der Waals surface area (Å²) in [5.41, 5.74) is 7.16. The van der Waals surface area contributed by atoms with Gasteiger partial charge in [-0.05, 0) is 24.8 Å². The van der Waals surface area contributed by atoms with Gasteiger partial charge in [-0.1, -0.05) is 44.2 Å². The number of morpholine rings is 1. The molecule has 0 aliphatic carbocycles. The summed E-state index contributed by atoms with van der Waals surface area (Å²) >= 11 is 0. The van der Waals surface area contributed by atoms with Crippen molar-refractivity contribution in [3.63, 3.8) is 0 Å². The maximum absolute atomic E-state index is 12.5. The van der Waals surface area contributed by atoms with Crippen LogP contribution in [0, 0.1) is 5.92 Å². The third-order valence-electron chi connectivity index (χ3n) is 3.79. The minimum absolute atomic E-state index is 0. The Morgan fingerprint density at radius 3 is 2.55 bits per heavy atom. The van der Waals surface area contributed by atoms with Crippen molar-refractivity contribution in [2.45, 2.75) is 45.4 Å². The number of carbonyl (C=O) groups is 1. The van der Waals surface area contributed by atoms with Crippen LogP contribution in [0.25, 0.3) is 0 Å². The Kier molecular flexibility index (Phi) is 7.33. The number of amides is 1. The molecule has 0 spiro atoms. The summed E-state index contributed by atoms with van der Waals surface area (Å²) in [5.74, 6) is 0.465. The van der Waals surface area contributed by atoms with Gasteiger partial charge in [0.2, 0.25) is 5.91 Å². The Bertz CT molecular complexity index is 467. The van der Waals surface area contributed by atoms with E-state index in [2.05, 4.69) is 13.8 Å². The number of rotatable bonds is 4. The molecule has 22 heavy (non-hydrogen) atoms. The van der Waals surface area contributed by atoms with E-state index in [4.69, 9.17) is 10.5 Å². The molecular weight excluding hydrogens is 300 g/mol. The van der Waals surface area contributed by atoms with E-state index >= 15 is 0 Å². The topological polar surface area (TPSA) is 55.6 Å². The molecule has 1 fully saturated rings. The van der Waals surface area contributed by atoms with Gasteiger partial charge in [0, 0.05) is 6.54 Å². The first-order chi connectivity index (χ1) is 9.97. The first-order valence-electron chi connectivity index (χ1n) is 7.72. The molecule has 0 radical (unpaired) electrons. The first kappa shape index (κ1) is 18.9. The van der Waals surface area contributed by atoms with Crippen molar-refractivity contribution >= 4 is 18.3 Å². The molecule has 2 N–H and O–H groups in total. The Hall–Kier alpha value is -1.10. The second kappa shape index (κ2) is 8.51. The standard InChI is InChI=1S/C17H26N2O2.ClH/c1-12(2)9-15(18)17(20)19-10-13(3)21-16(11-19)14-7-5-4-6-8-14;/h4-8,12-13,15-16H,9-11,18H2,1-3H3;1H/t13?,15-,16?;/m0./s1. The van der Waals surface area contributed by atoms with Gasteiger partial charge in [0.25, 0.3) is 0 Å². The van der Waals surface area contributed by atoms with Crippen molar-refractivity contribution in [2.24, 2.45) is 11.7 Å². The van der Waals surface area contributed by atoms with Crippen molar-refractivity contribution in [2.75, 3.05) is 13.1 Å². The molecule has 1 aromatic rings. The highest BCUT2D eigenvalue weighted by Gasteiger charge is 2.31. The quantitative estimate of drug-likeness (QED) is 0.925. The zero-order valence-corrected chi connectivity index (χ0v) is 14.4. The zero-order valence-electron chi connectivity index (χ0n) is 13.6. The Morgan fingerprint density at radius 2 is 1.95 bits per heavy atom. The normalized spacial score (nSPS) is 23.0. The lowest BCUT2D eigenvalue weighted by Crippen LogP contribution is -2.51. The smallest absolute Gasteiger partial charge is 0.239 e. The van der Waals surface area contributed by atoms with Crippen LogP contribution in [-0.4, -0.2) is 36.0 Å². The highest BCUT2D eigenvalue weighted by Crippen LogP contribution is 2.25. The number of nitrogens with two attached hydrogens (primary N) is 1. The van der Waals surface area contributed by atoms with Crippen LogP contribution in [0.3, 0.4) is 0 Å². The molecule has 3 atom stereocenters. The molecule has 1 aromatic carbocycles. The molecular formula is C17H27ClN2O2. The number of ether oxygens (including phenoxy) is 1. The zero-order chi connectivity index (χ0) is 15.4. The monoisotopic (exact) mass is 326 g/mol. The van der Waals surface area contributed by atoms with E-state index in [0.29, 0.717) is 19.0 Å². The SMILES string of the molecule is CC(C)C[C@H](N)C(=O)N1CC(C)OC(c2ccccc2)C1.Cl. The number of nitrogens with zero attached hydrogens (tertiary/aromatic N) is 1. The van der Waals surface area contributed by atoms with Crippen LogP contribution in [0.1, 0.15) is 38.9 Å². The summed E-state index contributed by atoms with van der Waals surface area (Å²) in [6, 6.07) is 9.64. The molecule has 1 aliphatic heterocycles. The number of halogens is 1. The number of carbonyl (C=O) groups excluding carboxylic acids is 1. The first-order valence-corrected chi connectivity index (χ1v) is 7.72. The maximum atomic E-state index is 12.5. The minimum Gasteiger partial charge on any atom is -0.367 e. The van der Waals surface area contributed by atoms with Crippen molar-refractivity contribution in [3.8, 4) is 0 Å². The fourth-order valence-electron chi connectivity index (χ4n) is 2.83.